The Kier molecular flexibility index (Phi) is 5.37. The Hall–Kier alpha value is 0. The summed E-state index contributed by atoms with van der Waals surface area (Å²) >= 11 is 0. The van der Waals surface area contributed by atoms with E-state index < -0.39 is 0 Å². The van der Waals surface area contributed by atoms with Crippen LogP contribution in [0.25, 0.3) is 0 Å². The molecule has 0 aromatic rings. The number of hydrogen-bond donors (Lipinski definition) is 0. The zero-order valence-corrected chi connectivity index (χ0v) is 12.3. The van der Waals surface area contributed by atoms with E-state index in [0.29, 0.717) is 10.8 Å². The quantitative estimate of drug-likeness (QED) is 0.543. The highest BCUT2D eigenvalue weighted by Crippen LogP contribution is 2.48. The molecular formula is C15H32. The summed E-state index contributed by atoms with van der Waals surface area (Å²) in [6.07, 6.45) is 4.00. The summed E-state index contributed by atoms with van der Waals surface area (Å²) < 4.78 is 0. The molecular weight excluding hydrogens is 180 g/mol. The van der Waals surface area contributed by atoms with Gasteiger partial charge < -0.3 is 0 Å². The molecule has 0 heteroatoms. The normalized spacial score (nSPS) is 15.8. The summed E-state index contributed by atoms with van der Waals surface area (Å²) in [4.78, 5) is 0. The molecule has 0 fully saturated rings. The Bertz CT molecular complexity index is 174. The van der Waals surface area contributed by atoms with Crippen molar-refractivity contribution in [1.29, 1.82) is 0 Å². The third kappa shape index (κ3) is 3.81. The maximum absolute atomic E-state index is 2.45. The van der Waals surface area contributed by atoms with Crippen molar-refractivity contribution in [3.8, 4) is 0 Å². The fourth-order valence-corrected chi connectivity index (χ4v) is 2.07. The van der Waals surface area contributed by atoms with Gasteiger partial charge in [0.25, 0.3) is 0 Å². The molecule has 1 unspecified atom stereocenters. The lowest BCUT2D eigenvalue weighted by Crippen LogP contribution is -2.37. The highest BCUT2D eigenvalue weighted by molar-refractivity contribution is 4.88. The molecule has 0 aromatic heterocycles. The lowest BCUT2D eigenvalue weighted by molar-refractivity contribution is 0.0370. The summed E-state index contributed by atoms with van der Waals surface area (Å²) in [5.74, 6) is 1.66. The standard InChI is InChI=1S/C15H32/c1-9-14(5,6)15(7,8)13(4)11-10-12(2)3/h12-13H,9-11H2,1-8H3. The Morgan fingerprint density at radius 1 is 0.867 bits per heavy atom. The largest absolute Gasteiger partial charge is 0.0649 e. The third-order valence-electron chi connectivity index (χ3n) is 5.04. The molecule has 0 aliphatic heterocycles. The molecule has 0 amide bonds. The average Bonchev–Trinajstić information content (AvgIpc) is 2.13. The van der Waals surface area contributed by atoms with Gasteiger partial charge in [0.2, 0.25) is 0 Å². The Morgan fingerprint density at radius 3 is 1.67 bits per heavy atom. The van der Waals surface area contributed by atoms with E-state index in [1.807, 2.05) is 0 Å². The number of rotatable bonds is 6. The van der Waals surface area contributed by atoms with Crippen LogP contribution >= 0.6 is 0 Å². The highest BCUT2D eigenvalue weighted by Gasteiger charge is 2.39. The SMILES string of the molecule is CCC(C)(C)C(C)(C)C(C)CCC(C)C. The summed E-state index contributed by atoms with van der Waals surface area (Å²) in [6, 6.07) is 0. The maximum Gasteiger partial charge on any atom is -0.0277 e. The van der Waals surface area contributed by atoms with E-state index >= 15 is 0 Å². The lowest BCUT2D eigenvalue weighted by Gasteiger charge is -2.46. The molecule has 0 aliphatic carbocycles. The van der Waals surface area contributed by atoms with E-state index in [-0.39, 0.29) is 0 Å². The van der Waals surface area contributed by atoms with Gasteiger partial charge in [-0.1, -0.05) is 68.2 Å². The van der Waals surface area contributed by atoms with Crippen LogP contribution in [-0.4, -0.2) is 0 Å². The van der Waals surface area contributed by atoms with Crippen molar-refractivity contribution >= 4 is 0 Å². The average molecular weight is 212 g/mol. The second-order valence-corrected chi connectivity index (χ2v) is 6.83. The first-order valence-electron chi connectivity index (χ1n) is 6.65. The third-order valence-corrected chi connectivity index (χ3v) is 5.04. The predicted octanol–water partition coefficient (Wildman–Crippen LogP) is 5.52. The molecule has 0 aliphatic rings. The molecule has 0 saturated carbocycles. The van der Waals surface area contributed by atoms with Crippen LogP contribution in [-0.2, 0) is 0 Å². The molecule has 0 heterocycles. The van der Waals surface area contributed by atoms with Gasteiger partial charge in [-0.15, -0.1) is 0 Å². The monoisotopic (exact) mass is 212 g/mol. The van der Waals surface area contributed by atoms with Crippen molar-refractivity contribution < 1.29 is 0 Å². The van der Waals surface area contributed by atoms with Gasteiger partial charge in [0, 0.05) is 0 Å². The molecule has 0 spiro atoms. The first-order chi connectivity index (χ1) is 6.65. The van der Waals surface area contributed by atoms with Gasteiger partial charge in [0.15, 0.2) is 0 Å². The van der Waals surface area contributed by atoms with Gasteiger partial charge in [-0.05, 0) is 29.1 Å². The van der Waals surface area contributed by atoms with Crippen LogP contribution in [0.1, 0.15) is 74.7 Å². The highest BCUT2D eigenvalue weighted by atomic mass is 14.4. The predicted molar refractivity (Wildman–Crippen MR) is 71.1 cm³/mol. The van der Waals surface area contributed by atoms with Gasteiger partial charge in [-0.25, -0.2) is 0 Å². The van der Waals surface area contributed by atoms with E-state index in [0.717, 1.165) is 11.8 Å². The summed E-state index contributed by atoms with van der Waals surface area (Å²) in [5.41, 5.74) is 0.889. The molecule has 92 valence electrons. The van der Waals surface area contributed by atoms with Crippen LogP contribution in [0, 0.1) is 22.7 Å². The first kappa shape index (κ1) is 15.0. The number of hydrogen-bond acceptors (Lipinski definition) is 0. The first-order valence-corrected chi connectivity index (χ1v) is 6.65. The smallest absolute Gasteiger partial charge is 0.0277 e. The van der Waals surface area contributed by atoms with E-state index in [9.17, 15) is 0 Å². The maximum atomic E-state index is 2.45. The van der Waals surface area contributed by atoms with Gasteiger partial charge in [0.05, 0.1) is 0 Å². The summed E-state index contributed by atoms with van der Waals surface area (Å²) in [5, 5.41) is 0. The lowest BCUT2D eigenvalue weighted by atomic mass is 9.59. The minimum Gasteiger partial charge on any atom is -0.0649 e. The van der Waals surface area contributed by atoms with Gasteiger partial charge in [0.1, 0.15) is 0 Å². The molecule has 0 N–H and O–H groups in total. The van der Waals surface area contributed by atoms with Crippen LogP contribution in [0.5, 0.6) is 0 Å². The molecule has 0 aromatic carbocycles. The van der Waals surface area contributed by atoms with Gasteiger partial charge >= 0.3 is 0 Å². The zero-order valence-electron chi connectivity index (χ0n) is 12.3. The van der Waals surface area contributed by atoms with E-state index in [2.05, 4.69) is 55.4 Å². The molecule has 1 atom stereocenters. The van der Waals surface area contributed by atoms with Crippen LogP contribution in [0.3, 0.4) is 0 Å². The Balaban J connectivity index is 4.44. The van der Waals surface area contributed by atoms with Crippen LogP contribution < -0.4 is 0 Å². The Labute approximate surface area is 97.8 Å². The fraction of sp³-hybridized carbons (Fsp3) is 1.00. The van der Waals surface area contributed by atoms with Crippen molar-refractivity contribution in [3.05, 3.63) is 0 Å². The van der Waals surface area contributed by atoms with E-state index in [1.54, 1.807) is 0 Å². The molecule has 15 heavy (non-hydrogen) atoms. The van der Waals surface area contributed by atoms with E-state index in [1.165, 1.54) is 19.3 Å². The second kappa shape index (κ2) is 5.37. The second-order valence-electron chi connectivity index (χ2n) is 6.83. The minimum absolute atomic E-state index is 0.441. The van der Waals surface area contributed by atoms with Crippen molar-refractivity contribution in [1.82, 2.24) is 0 Å². The molecule has 0 radical (unpaired) electrons. The molecule has 0 saturated heterocycles. The minimum atomic E-state index is 0.441. The zero-order chi connectivity index (χ0) is 12.3. The van der Waals surface area contributed by atoms with Crippen LogP contribution in [0.15, 0.2) is 0 Å². The van der Waals surface area contributed by atoms with Crippen LogP contribution in [0.2, 0.25) is 0 Å². The van der Waals surface area contributed by atoms with Gasteiger partial charge in [-0.3, -0.25) is 0 Å². The van der Waals surface area contributed by atoms with Crippen molar-refractivity contribution in [3.63, 3.8) is 0 Å². The van der Waals surface area contributed by atoms with E-state index in [4.69, 9.17) is 0 Å². The summed E-state index contributed by atoms with van der Waals surface area (Å²) in [6.45, 7) is 19.1. The Morgan fingerprint density at radius 2 is 1.33 bits per heavy atom. The van der Waals surface area contributed by atoms with Crippen molar-refractivity contribution in [2.45, 2.75) is 74.7 Å². The van der Waals surface area contributed by atoms with Crippen molar-refractivity contribution in [2.24, 2.45) is 22.7 Å². The van der Waals surface area contributed by atoms with Crippen LogP contribution in [0.4, 0.5) is 0 Å². The van der Waals surface area contributed by atoms with Crippen molar-refractivity contribution in [2.75, 3.05) is 0 Å². The fourth-order valence-electron chi connectivity index (χ4n) is 2.07. The summed E-state index contributed by atoms with van der Waals surface area (Å²) in [7, 11) is 0. The molecule has 0 nitrogen and oxygen atoms in total. The van der Waals surface area contributed by atoms with Gasteiger partial charge in [-0.2, -0.15) is 0 Å². The topological polar surface area (TPSA) is 0 Å². The molecule has 0 bridgehead atoms. The molecule has 0 rings (SSSR count).